The number of hydrogen-bond acceptors (Lipinski definition) is 2. The molecule has 0 fully saturated rings. The SMILES string of the molecule is CCC[CH2][Sn]([CH2]CCC)([CH2]CCC)[c]1ccc(/C=C/C(=O)/C=C/c2ccc(NC)cc2)cc1. The molecule has 2 aromatic rings. The first-order valence-corrected chi connectivity index (χ1v) is 20.3. The minimum absolute atomic E-state index is 0.0131. The van der Waals surface area contributed by atoms with Crippen molar-refractivity contribution in [2.24, 2.45) is 0 Å². The van der Waals surface area contributed by atoms with Gasteiger partial charge in [0.1, 0.15) is 0 Å². The maximum absolute atomic E-state index is 12.3. The number of rotatable bonds is 15. The molecular formula is C30H43NOSn. The van der Waals surface area contributed by atoms with Crippen molar-refractivity contribution >= 4 is 45.6 Å². The molecule has 0 radical (unpaired) electrons. The fourth-order valence-electron chi connectivity index (χ4n) is 4.47. The number of nitrogens with one attached hydrogen (secondary N) is 1. The van der Waals surface area contributed by atoms with Crippen molar-refractivity contribution in [3.05, 3.63) is 71.8 Å². The van der Waals surface area contributed by atoms with E-state index >= 15 is 0 Å². The van der Waals surface area contributed by atoms with E-state index in [2.05, 4.69) is 50.4 Å². The van der Waals surface area contributed by atoms with Crippen LogP contribution in [0.2, 0.25) is 13.3 Å². The molecule has 33 heavy (non-hydrogen) atoms. The molecule has 0 saturated heterocycles. The quantitative estimate of drug-likeness (QED) is 0.179. The van der Waals surface area contributed by atoms with E-state index < -0.39 is 18.4 Å². The van der Waals surface area contributed by atoms with Gasteiger partial charge in [0.05, 0.1) is 0 Å². The van der Waals surface area contributed by atoms with E-state index in [1.165, 1.54) is 51.8 Å². The topological polar surface area (TPSA) is 29.1 Å². The van der Waals surface area contributed by atoms with Crippen molar-refractivity contribution in [2.45, 2.75) is 72.6 Å². The van der Waals surface area contributed by atoms with Gasteiger partial charge in [0.2, 0.25) is 0 Å². The Labute approximate surface area is 206 Å². The van der Waals surface area contributed by atoms with E-state index in [1.54, 1.807) is 15.7 Å². The molecule has 0 aromatic heterocycles. The summed E-state index contributed by atoms with van der Waals surface area (Å²) < 4.78 is 6.14. The summed E-state index contributed by atoms with van der Waals surface area (Å²) in [5, 5.41) is 3.10. The van der Waals surface area contributed by atoms with Crippen LogP contribution in [0, 0.1) is 0 Å². The summed E-state index contributed by atoms with van der Waals surface area (Å²) in [7, 11) is 1.90. The summed E-state index contributed by atoms with van der Waals surface area (Å²) in [4.78, 5) is 12.3. The molecule has 2 nitrogen and oxygen atoms in total. The molecule has 0 bridgehead atoms. The molecule has 0 saturated carbocycles. The Kier molecular flexibility index (Phi) is 12.6. The molecule has 0 spiro atoms. The fraction of sp³-hybridized carbons (Fsp3) is 0.433. The third kappa shape index (κ3) is 9.15. The van der Waals surface area contributed by atoms with Gasteiger partial charge in [0, 0.05) is 12.7 Å². The van der Waals surface area contributed by atoms with Gasteiger partial charge in [-0.2, -0.15) is 0 Å². The third-order valence-electron chi connectivity index (χ3n) is 6.63. The van der Waals surface area contributed by atoms with Crippen LogP contribution in [-0.2, 0) is 4.79 Å². The minimum atomic E-state index is -2.37. The summed E-state index contributed by atoms with van der Waals surface area (Å²) in [6.45, 7) is 6.98. The van der Waals surface area contributed by atoms with Crippen LogP contribution in [0.15, 0.2) is 60.7 Å². The van der Waals surface area contributed by atoms with E-state index in [1.807, 2.05) is 43.5 Å². The van der Waals surface area contributed by atoms with Crippen LogP contribution in [0.1, 0.15) is 70.4 Å². The normalized spacial score (nSPS) is 12.0. The van der Waals surface area contributed by atoms with E-state index in [0.717, 1.165) is 16.8 Å². The van der Waals surface area contributed by atoms with Crippen molar-refractivity contribution < 1.29 is 4.79 Å². The third-order valence-corrected chi connectivity index (χ3v) is 22.3. The van der Waals surface area contributed by atoms with Crippen LogP contribution in [0.5, 0.6) is 0 Å². The second kappa shape index (κ2) is 15.2. The molecule has 0 unspecified atom stereocenters. The molecule has 178 valence electrons. The molecule has 0 heterocycles. The van der Waals surface area contributed by atoms with Crippen LogP contribution in [-0.4, -0.2) is 31.2 Å². The second-order valence-electron chi connectivity index (χ2n) is 9.15. The summed E-state index contributed by atoms with van der Waals surface area (Å²) in [5.74, 6) is 0.0131. The van der Waals surface area contributed by atoms with E-state index in [-0.39, 0.29) is 5.78 Å². The first kappa shape index (κ1) is 27.4. The van der Waals surface area contributed by atoms with Gasteiger partial charge in [-0.15, -0.1) is 0 Å². The van der Waals surface area contributed by atoms with Crippen molar-refractivity contribution in [3.63, 3.8) is 0 Å². The molecule has 1 N–H and O–H groups in total. The van der Waals surface area contributed by atoms with E-state index in [4.69, 9.17) is 0 Å². The van der Waals surface area contributed by atoms with Gasteiger partial charge in [-0.1, -0.05) is 0 Å². The average molecular weight is 552 g/mol. The number of carbonyl (C=O) groups is 1. The van der Waals surface area contributed by atoms with E-state index in [0.29, 0.717) is 0 Å². The molecule has 0 atom stereocenters. The van der Waals surface area contributed by atoms with Gasteiger partial charge < -0.3 is 5.32 Å². The molecule has 0 aliphatic heterocycles. The fourth-order valence-corrected chi connectivity index (χ4v) is 20.4. The molecule has 2 rings (SSSR count). The van der Waals surface area contributed by atoms with Crippen molar-refractivity contribution in [1.29, 1.82) is 0 Å². The number of ketones is 1. The Hall–Kier alpha value is -1.81. The van der Waals surface area contributed by atoms with Crippen LogP contribution < -0.4 is 8.90 Å². The number of unbranched alkanes of at least 4 members (excludes halogenated alkanes) is 3. The summed E-state index contributed by atoms with van der Waals surface area (Å²) in [5.41, 5.74) is 3.20. The monoisotopic (exact) mass is 553 g/mol. The van der Waals surface area contributed by atoms with Gasteiger partial charge in [-0.05, 0) is 0 Å². The molecule has 0 amide bonds. The first-order valence-electron chi connectivity index (χ1n) is 12.9. The van der Waals surface area contributed by atoms with Gasteiger partial charge in [-0.3, -0.25) is 0 Å². The summed E-state index contributed by atoms with van der Waals surface area (Å²) >= 11 is -2.37. The summed E-state index contributed by atoms with van der Waals surface area (Å²) in [6.07, 6.45) is 15.2. The zero-order valence-electron chi connectivity index (χ0n) is 21.2. The number of allylic oxidation sites excluding steroid dienone is 2. The maximum atomic E-state index is 12.3. The molecular weight excluding hydrogens is 509 g/mol. The predicted molar refractivity (Wildman–Crippen MR) is 150 cm³/mol. The van der Waals surface area contributed by atoms with Crippen molar-refractivity contribution in [2.75, 3.05) is 12.4 Å². The Morgan fingerprint density at radius 1 is 0.727 bits per heavy atom. The Bertz CT molecular complexity index is 859. The van der Waals surface area contributed by atoms with Crippen LogP contribution >= 0.6 is 0 Å². The molecule has 0 aliphatic rings. The van der Waals surface area contributed by atoms with E-state index in [9.17, 15) is 4.79 Å². The zero-order chi connectivity index (χ0) is 23.9. The standard InChI is InChI=1S/C18H16NO.3C4H9.Sn/c1-19-17-11-7-16(8-12-17)10-14-18(20)13-9-15-5-3-2-4-6-15;3*1-3-4-2;/h3-14,19H,1H3;3*1,3-4H2,2H3;/b13-9+,14-10+;;;;. The van der Waals surface area contributed by atoms with Gasteiger partial charge in [-0.25, -0.2) is 0 Å². The van der Waals surface area contributed by atoms with Crippen LogP contribution in [0.25, 0.3) is 12.2 Å². The average Bonchev–Trinajstić information content (AvgIpc) is 2.86. The Morgan fingerprint density at radius 3 is 1.55 bits per heavy atom. The van der Waals surface area contributed by atoms with Crippen LogP contribution in [0.3, 0.4) is 0 Å². The molecule has 0 aliphatic carbocycles. The number of benzene rings is 2. The Morgan fingerprint density at radius 2 is 1.15 bits per heavy atom. The van der Waals surface area contributed by atoms with Crippen molar-refractivity contribution in [3.8, 4) is 0 Å². The summed E-state index contributed by atoms with van der Waals surface area (Å²) in [6, 6.07) is 17.3. The molecule has 3 heteroatoms. The van der Waals surface area contributed by atoms with Crippen LogP contribution in [0.4, 0.5) is 5.69 Å². The molecule has 2 aromatic carbocycles. The van der Waals surface area contributed by atoms with Gasteiger partial charge in [0.15, 0.2) is 0 Å². The number of carbonyl (C=O) groups excluding carboxylic acids is 1. The van der Waals surface area contributed by atoms with Crippen molar-refractivity contribution in [1.82, 2.24) is 0 Å². The number of anilines is 1. The second-order valence-corrected chi connectivity index (χ2v) is 22.4. The van der Waals surface area contributed by atoms with Gasteiger partial charge >= 0.3 is 189 Å². The number of hydrogen-bond donors (Lipinski definition) is 1. The van der Waals surface area contributed by atoms with Gasteiger partial charge in [0.25, 0.3) is 0 Å². The zero-order valence-corrected chi connectivity index (χ0v) is 24.1. The Balaban J connectivity index is 2.10. The first-order chi connectivity index (χ1) is 16.1. The predicted octanol–water partition coefficient (Wildman–Crippen LogP) is 8.08.